The maximum Gasteiger partial charge on any atom is 0.243 e. The third kappa shape index (κ3) is 3.95. The summed E-state index contributed by atoms with van der Waals surface area (Å²) >= 11 is 12.0. The van der Waals surface area contributed by atoms with E-state index in [0.717, 1.165) is 12.0 Å². The van der Waals surface area contributed by atoms with Gasteiger partial charge in [-0.05, 0) is 30.0 Å². The van der Waals surface area contributed by atoms with Gasteiger partial charge in [-0.3, -0.25) is 0 Å². The zero-order valence-corrected chi connectivity index (χ0v) is 12.9. The number of nitrogens with two attached hydrogens (primary N) is 1. The van der Waals surface area contributed by atoms with Crippen molar-refractivity contribution >= 4 is 23.2 Å². The Morgan fingerprint density at radius 2 is 2.05 bits per heavy atom. The summed E-state index contributed by atoms with van der Waals surface area (Å²) in [6, 6.07) is 5.12. The summed E-state index contributed by atoms with van der Waals surface area (Å²) in [6.45, 7) is 4.20. The van der Waals surface area contributed by atoms with Crippen LogP contribution in [0, 0.1) is 5.92 Å². The SMILES string of the molecule is CC(C)CC(N)c1nc(Cc2ccc(Cl)cc2Cl)no1. The molecule has 2 aromatic rings. The minimum Gasteiger partial charge on any atom is -0.338 e. The first-order chi connectivity index (χ1) is 9.45. The maximum absolute atomic E-state index is 6.12. The van der Waals surface area contributed by atoms with Gasteiger partial charge in [-0.1, -0.05) is 48.3 Å². The molecule has 0 spiro atoms. The molecule has 6 heteroatoms. The van der Waals surface area contributed by atoms with Gasteiger partial charge in [0.25, 0.3) is 0 Å². The molecule has 1 atom stereocenters. The molecule has 0 saturated heterocycles. The molecule has 0 saturated carbocycles. The summed E-state index contributed by atoms with van der Waals surface area (Å²) < 4.78 is 5.21. The van der Waals surface area contributed by atoms with Gasteiger partial charge in [-0.2, -0.15) is 4.98 Å². The topological polar surface area (TPSA) is 64.9 Å². The minimum atomic E-state index is -0.225. The number of aromatic nitrogens is 2. The van der Waals surface area contributed by atoms with Gasteiger partial charge in [0.05, 0.1) is 6.04 Å². The molecule has 1 aromatic carbocycles. The molecular formula is C14H17Cl2N3O. The average Bonchev–Trinajstić information content (AvgIpc) is 2.80. The second-order valence-corrected chi connectivity index (χ2v) is 6.04. The minimum absolute atomic E-state index is 0.225. The van der Waals surface area contributed by atoms with Crippen LogP contribution >= 0.6 is 23.2 Å². The zero-order chi connectivity index (χ0) is 14.7. The molecule has 0 bridgehead atoms. The Morgan fingerprint density at radius 1 is 1.30 bits per heavy atom. The highest BCUT2D eigenvalue weighted by Gasteiger charge is 2.16. The standard InChI is InChI=1S/C14H17Cl2N3O/c1-8(2)5-12(17)14-18-13(19-20-14)6-9-3-4-10(15)7-11(9)16/h3-4,7-8,12H,5-6,17H2,1-2H3. The summed E-state index contributed by atoms with van der Waals surface area (Å²) in [5.74, 6) is 1.52. The molecule has 2 N–H and O–H groups in total. The molecule has 0 fully saturated rings. The van der Waals surface area contributed by atoms with Gasteiger partial charge >= 0.3 is 0 Å². The molecular weight excluding hydrogens is 297 g/mol. The highest BCUT2D eigenvalue weighted by Crippen LogP contribution is 2.23. The number of halogens is 2. The van der Waals surface area contributed by atoms with Crippen LogP contribution < -0.4 is 5.73 Å². The van der Waals surface area contributed by atoms with Crippen LogP contribution in [-0.2, 0) is 6.42 Å². The molecule has 0 amide bonds. The van der Waals surface area contributed by atoms with E-state index in [1.54, 1.807) is 12.1 Å². The van der Waals surface area contributed by atoms with E-state index >= 15 is 0 Å². The Bertz CT molecular complexity index is 584. The van der Waals surface area contributed by atoms with Gasteiger partial charge < -0.3 is 10.3 Å². The first-order valence-corrected chi connectivity index (χ1v) is 7.23. The third-order valence-electron chi connectivity index (χ3n) is 2.89. The fourth-order valence-electron chi connectivity index (χ4n) is 1.93. The van der Waals surface area contributed by atoms with Crippen molar-refractivity contribution in [2.45, 2.75) is 32.7 Å². The van der Waals surface area contributed by atoms with Crippen molar-refractivity contribution in [3.05, 3.63) is 45.5 Å². The van der Waals surface area contributed by atoms with Crippen molar-refractivity contribution in [3.63, 3.8) is 0 Å². The summed E-state index contributed by atoms with van der Waals surface area (Å²) in [5, 5.41) is 5.14. The van der Waals surface area contributed by atoms with Crippen LogP contribution in [0.2, 0.25) is 10.0 Å². The number of hydrogen-bond acceptors (Lipinski definition) is 4. The van der Waals surface area contributed by atoms with Crippen molar-refractivity contribution in [1.29, 1.82) is 0 Å². The van der Waals surface area contributed by atoms with Crippen LogP contribution in [0.5, 0.6) is 0 Å². The molecule has 1 aromatic heterocycles. The lowest BCUT2D eigenvalue weighted by Crippen LogP contribution is -2.13. The van der Waals surface area contributed by atoms with E-state index in [2.05, 4.69) is 24.0 Å². The summed E-state index contributed by atoms with van der Waals surface area (Å²) in [5.41, 5.74) is 6.92. The second-order valence-electron chi connectivity index (χ2n) is 5.20. The molecule has 0 aliphatic heterocycles. The van der Waals surface area contributed by atoms with Gasteiger partial charge in [0.1, 0.15) is 0 Å². The largest absolute Gasteiger partial charge is 0.338 e. The van der Waals surface area contributed by atoms with Crippen LogP contribution in [-0.4, -0.2) is 10.1 Å². The lowest BCUT2D eigenvalue weighted by atomic mass is 10.0. The van der Waals surface area contributed by atoms with Crippen molar-refractivity contribution in [1.82, 2.24) is 10.1 Å². The van der Waals surface area contributed by atoms with E-state index in [9.17, 15) is 0 Å². The molecule has 0 aliphatic rings. The number of rotatable bonds is 5. The molecule has 20 heavy (non-hydrogen) atoms. The molecule has 108 valence electrons. The van der Waals surface area contributed by atoms with Gasteiger partial charge in [0.15, 0.2) is 5.82 Å². The predicted octanol–water partition coefficient (Wildman–Crippen LogP) is 4.01. The number of hydrogen-bond donors (Lipinski definition) is 1. The first-order valence-electron chi connectivity index (χ1n) is 6.47. The van der Waals surface area contributed by atoms with Crippen molar-refractivity contribution in [3.8, 4) is 0 Å². The molecule has 4 nitrogen and oxygen atoms in total. The quantitative estimate of drug-likeness (QED) is 0.905. The zero-order valence-electron chi connectivity index (χ0n) is 11.4. The average molecular weight is 314 g/mol. The van der Waals surface area contributed by atoms with E-state index < -0.39 is 0 Å². The van der Waals surface area contributed by atoms with Crippen LogP contribution in [0.4, 0.5) is 0 Å². The lowest BCUT2D eigenvalue weighted by molar-refractivity contribution is 0.333. The van der Waals surface area contributed by atoms with Crippen molar-refractivity contribution < 1.29 is 4.52 Å². The smallest absolute Gasteiger partial charge is 0.243 e. The second kappa shape index (κ2) is 6.57. The highest BCUT2D eigenvalue weighted by atomic mass is 35.5. The van der Waals surface area contributed by atoms with E-state index in [1.807, 2.05) is 6.07 Å². The summed E-state index contributed by atoms with van der Waals surface area (Å²) in [7, 11) is 0. The number of nitrogens with zero attached hydrogens (tertiary/aromatic N) is 2. The van der Waals surface area contributed by atoms with Gasteiger partial charge in [0.2, 0.25) is 5.89 Å². The monoisotopic (exact) mass is 313 g/mol. The lowest BCUT2D eigenvalue weighted by Gasteiger charge is -2.08. The Hall–Kier alpha value is -1.10. The number of benzene rings is 1. The van der Waals surface area contributed by atoms with E-state index in [4.69, 9.17) is 33.5 Å². The third-order valence-corrected chi connectivity index (χ3v) is 3.48. The first kappa shape index (κ1) is 15.3. The van der Waals surface area contributed by atoms with Gasteiger partial charge in [0, 0.05) is 16.5 Å². The van der Waals surface area contributed by atoms with E-state index in [1.165, 1.54) is 0 Å². The summed E-state index contributed by atoms with van der Waals surface area (Å²) in [4.78, 5) is 4.33. The normalized spacial score (nSPS) is 12.9. The van der Waals surface area contributed by atoms with Crippen LogP contribution in [0.1, 0.15) is 43.6 Å². The molecule has 0 aliphatic carbocycles. The van der Waals surface area contributed by atoms with Gasteiger partial charge in [-0.25, -0.2) is 0 Å². The van der Waals surface area contributed by atoms with E-state index in [-0.39, 0.29) is 6.04 Å². The predicted molar refractivity (Wildman–Crippen MR) is 79.9 cm³/mol. The highest BCUT2D eigenvalue weighted by molar-refractivity contribution is 6.35. The van der Waals surface area contributed by atoms with Gasteiger partial charge in [-0.15, -0.1) is 0 Å². The molecule has 0 radical (unpaired) electrons. The Kier molecular flexibility index (Phi) is 5.02. The summed E-state index contributed by atoms with van der Waals surface area (Å²) in [6.07, 6.45) is 1.30. The van der Waals surface area contributed by atoms with Crippen LogP contribution in [0.25, 0.3) is 0 Å². The van der Waals surface area contributed by atoms with Crippen molar-refractivity contribution in [2.24, 2.45) is 11.7 Å². The van der Waals surface area contributed by atoms with Crippen LogP contribution in [0.15, 0.2) is 22.7 Å². The Balaban J connectivity index is 2.09. The van der Waals surface area contributed by atoms with E-state index in [0.29, 0.717) is 34.1 Å². The fraction of sp³-hybridized carbons (Fsp3) is 0.429. The van der Waals surface area contributed by atoms with Crippen molar-refractivity contribution in [2.75, 3.05) is 0 Å². The molecule has 1 unspecified atom stereocenters. The Morgan fingerprint density at radius 3 is 2.70 bits per heavy atom. The fourth-order valence-corrected chi connectivity index (χ4v) is 2.41. The molecule has 2 rings (SSSR count). The van der Waals surface area contributed by atoms with Crippen LogP contribution in [0.3, 0.4) is 0 Å². The Labute approximate surface area is 128 Å². The maximum atomic E-state index is 6.12. The molecule has 1 heterocycles.